The van der Waals surface area contributed by atoms with Gasteiger partial charge in [0.05, 0.1) is 0 Å². The molecule has 0 radical (unpaired) electrons. The first-order chi connectivity index (χ1) is 7.84. The standard InChI is InChI=1S/C12H17N3S/c16-12-9-7-13-6-5-10(9)14-11(15-12)8-3-1-2-4-8/h8,13H,1-7H2,(H,14,15,16). The highest BCUT2D eigenvalue weighted by molar-refractivity contribution is 7.71. The Morgan fingerprint density at radius 3 is 2.88 bits per heavy atom. The molecule has 0 unspecified atom stereocenters. The van der Waals surface area contributed by atoms with E-state index in [2.05, 4.69) is 15.3 Å². The van der Waals surface area contributed by atoms with Crippen molar-refractivity contribution in [3.05, 3.63) is 21.7 Å². The molecule has 1 aliphatic heterocycles. The van der Waals surface area contributed by atoms with Crippen LogP contribution in [0.15, 0.2) is 0 Å². The minimum absolute atomic E-state index is 0.627. The van der Waals surface area contributed by atoms with Crippen molar-refractivity contribution in [2.75, 3.05) is 6.54 Å². The summed E-state index contributed by atoms with van der Waals surface area (Å²) in [6.45, 7) is 1.93. The van der Waals surface area contributed by atoms with E-state index in [1.807, 2.05) is 0 Å². The molecule has 3 nitrogen and oxygen atoms in total. The molecule has 1 aromatic rings. The van der Waals surface area contributed by atoms with Gasteiger partial charge in [0.25, 0.3) is 0 Å². The van der Waals surface area contributed by atoms with Crippen LogP contribution in [0.2, 0.25) is 0 Å². The first-order valence-corrected chi connectivity index (χ1v) is 6.58. The van der Waals surface area contributed by atoms with Crippen molar-refractivity contribution in [1.29, 1.82) is 0 Å². The van der Waals surface area contributed by atoms with Gasteiger partial charge in [0, 0.05) is 36.7 Å². The predicted molar refractivity (Wildman–Crippen MR) is 66.0 cm³/mol. The molecule has 0 amide bonds. The smallest absolute Gasteiger partial charge is 0.134 e. The van der Waals surface area contributed by atoms with Crippen LogP contribution in [0.1, 0.15) is 48.7 Å². The Balaban J connectivity index is 2.01. The maximum Gasteiger partial charge on any atom is 0.134 e. The number of hydrogen-bond donors (Lipinski definition) is 2. The summed E-state index contributed by atoms with van der Waals surface area (Å²) in [6, 6.07) is 0. The average molecular weight is 235 g/mol. The van der Waals surface area contributed by atoms with E-state index < -0.39 is 0 Å². The van der Waals surface area contributed by atoms with Crippen LogP contribution >= 0.6 is 12.2 Å². The summed E-state index contributed by atoms with van der Waals surface area (Å²) in [6.07, 6.45) is 6.28. The molecule has 1 fully saturated rings. The quantitative estimate of drug-likeness (QED) is 0.735. The molecule has 2 heterocycles. The fourth-order valence-electron chi connectivity index (χ4n) is 2.78. The summed E-state index contributed by atoms with van der Waals surface area (Å²) < 4.78 is 0.808. The van der Waals surface area contributed by atoms with Gasteiger partial charge in [-0.1, -0.05) is 25.1 Å². The lowest BCUT2D eigenvalue weighted by Crippen LogP contribution is -2.26. The topological polar surface area (TPSA) is 40.7 Å². The van der Waals surface area contributed by atoms with Gasteiger partial charge in [-0.2, -0.15) is 0 Å². The number of aromatic nitrogens is 2. The summed E-state index contributed by atoms with van der Waals surface area (Å²) in [7, 11) is 0. The van der Waals surface area contributed by atoms with Crippen LogP contribution in [0.5, 0.6) is 0 Å². The zero-order valence-electron chi connectivity index (χ0n) is 9.38. The lowest BCUT2D eigenvalue weighted by molar-refractivity contribution is 0.597. The number of hydrogen-bond acceptors (Lipinski definition) is 3. The van der Waals surface area contributed by atoms with Gasteiger partial charge in [-0.15, -0.1) is 0 Å². The van der Waals surface area contributed by atoms with Gasteiger partial charge in [0.2, 0.25) is 0 Å². The highest BCUT2D eigenvalue weighted by Gasteiger charge is 2.21. The SMILES string of the molecule is S=c1nc(C2CCCC2)[nH]c2c1CNCC2. The van der Waals surface area contributed by atoms with E-state index in [9.17, 15) is 0 Å². The van der Waals surface area contributed by atoms with Crippen LogP contribution in [0.25, 0.3) is 0 Å². The Morgan fingerprint density at radius 1 is 1.25 bits per heavy atom. The molecule has 1 aliphatic carbocycles. The highest BCUT2D eigenvalue weighted by Crippen LogP contribution is 2.32. The number of nitrogens with one attached hydrogen (secondary N) is 2. The monoisotopic (exact) mass is 235 g/mol. The van der Waals surface area contributed by atoms with Crippen LogP contribution in [0, 0.1) is 4.64 Å². The molecule has 0 saturated heterocycles. The van der Waals surface area contributed by atoms with Crippen molar-refractivity contribution in [1.82, 2.24) is 15.3 Å². The van der Waals surface area contributed by atoms with E-state index in [1.165, 1.54) is 36.9 Å². The van der Waals surface area contributed by atoms with Gasteiger partial charge in [-0.3, -0.25) is 0 Å². The predicted octanol–water partition coefficient (Wildman–Crippen LogP) is 2.44. The van der Waals surface area contributed by atoms with Crippen molar-refractivity contribution < 1.29 is 0 Å². The fraction of sp³-hybridized carbons (Fsp3) is 0.667. The summed E-state index contributed by atoms with van der Waals surface area (Å²) >= 11 is 5.39. The minimum Gasteiger partial charge on any atom is -0.347 e. The zero-order chi connectivity index (χ0) is 11.0. The average Bonchev–Trinajstić information content (AvgIpc) is 2.82. The Hall–Kier alpha value is -0.740. The number of rotatable bonds is 1. The molecule has 1 saturated carbocycles. The molecule has 0 aromatic carbocycles. The Morgan fingerprint density at radius 2 is 2.06 bits per heavy atom. The summed E-state index contributed by atoms with van der Waals surface area (Å²) in [5, 5.41) is 3.34. The van der Waals surface area contributed by atoms with E-state index in [1.54, 1.807) is 0 Å². The molecule has 0 atom stereocenters. The van der Waals surface area contributed by atoms with Crippen LogP contribution in [0.3, 0.4) is 0 Å². The maximum atomic E-state index is 5.39. The molecular formula is C12H17N3S. The summed E-state index contributed by atoms with van der Waals surface area (Å²) in [5.41, 5.74) is 2.53. The molecule has 0 bridgehead atoms. The molecule has 2 aliphatic rings. The minimum atomic E-state index is 0.627. The van der Waals surface area contributed by atoms with Crippen LogP contribution in [0.4, 0.5) is 0 Å². The van der Waals surface area contributed by atoms with E-state index in [-0.39, 0.29) is 0 Å². The van der Waals surface area contributed by atoms with E-state index in [0.29, 0.717) is 5.92 Å². The van der Waals surface area contributed by atoms with E-state index in [0.717, 1.165) is 30.0 Å². The number of aromatic amines is 1. The van der Waals surface area contributed by atoms with Crippen molar-refractivity contribution >= 4 is 12.2 Å². The van der Waals surface area contributed by atoms with Crippen molar-refractivity contribution in [2.24, 2.45) is 0 Å². The Bertz CT molecular complexity index is 446. The Labute approximate surface area is 101 Å². The molecule has 16 heavy (non-hydrogen) atoms. The molecule has 3 rings (SSSR count). The first-order valence-electron chi connectivity index (χ1n) is 6.17. The fourth-order valence-corrected chi connectivity index (χ4v) is 3.07. The number of nitrogens with zero attached hydrogens (tertiary/aromatic N) is 1. The van der Waals surface area contributed by atoms with Gasteiger partial charge in [-0.05, 0) is 12.8 Å². The number of fused-ring (bicyclic) bond motifs is 1. The largest absolute Gasteiger partial charge is 0.347 e. The van der Waals surface area contributed by atoms with Crippen molar-refractivity contribution in [3.63, 3.8) is 0 Å². The lowest BCUT2D eigenvalue weighted by atomic mass is 10.1. The zero-order valence-corrected chi connectivity index (χ0v) is 10.2. The van der Waals surface area contributed by atoms with Gasteiger partial charge in [-0.25, -0.2) is 4.98 Å². The summed E-state index contributed by atoms with van der Waals surface area (Å²) in [4.78, 5) is 8.12. The molecule has 86 valence electrons. The molecule has 0 spiro atoms. The highest BCUT2D eigenvalue weighted by atomic mass is 32.1. The van der Waals surface area contributed by atoms with E-state index in [4.69, 9.17) is 12.2 Å². The van der Waals surface area contributed by atoms with Crippen molar-refractivity contribution in [3.8, 4) is 0 Å². The molecule has 1 aromatic heterocycles. The van der Waals surface area contributed by atoms with Gasteiger partial charge in [0.15, 0.2) is 0 Å². The second-order valence-corrected chi connectivity index (χ2v) is 5.18. The molecular weight excluding hydrogens is 218 g/mol. The van der Waals surface area contributed by atoms with E-state index >= 15 is 0 Å². The molecule has 4 heteroatoms. The van der Waals surface area contributed by atoms with Crippen molar-refractivity contribution in [2.45, 2.75) is 44.6 Å². The second kappa shape index (κ2) is 4.26. The normalized spacial score (nSPS) is 21.0. The Kier molecular flexibility index (Phi) is 2.77. The third-order valence-corrected chi connectivity index (χ3v) is 4.06. The van der Waals surface area contributed by atoms with Crippen LogP contribution < -0.4 is 5.32 Å². The second-order valence-electron chi connectivity index (χ2n) is 4.79. The van der Waals surface area contributed by atoms with Gasteiger partial charge in [0.1, 0.15) is 10.5 Å². The lowest BCUT2D eigenvalue weighted by Gasteiger charge is -2.19. The summed E-state index contributed by atoms with van der Waals surface area (Å²) in [5.74, 6) is 1.77. The number of H-pyrrole nitrogens is 1. The van der Waals surface area contributed by atoms with Crippen LogP contribution in [-0.2, 0) is 13.0 Å². The first kappa shape index (κ1) is 10.4. The van der Waals surface area contributed by atoms with Gasteiger partial charge >= 0.3 is 0 Å². The maximum absolute atomic E-state index is 5.39. The van der Waals surface area contributed by atoms with Gasteiger partial charge < -0.3 is 10.3 Å². The third kappa shape index (κ3) is 1.80. The third-order valence-electron chi connectivity index (χ3n) is 3.72. The van der Waals surface area contributed by atoms with Crippen LogP contribution in [-0.4, -0.2) is 16.5 Å². The molecule has 2 N–H and O–H groups in total.